The van der Waals surface area contributed by atoms with E-state index in [-0.39, 0.29) is 22.8 Å². The average Bonchev–Trinajstić information content (AvgIpc) is 2.28. The smallest absolute Gasteiger partial charge is 0.271 e. The Hall–Kier alpha value is -0.800. The largest absolute Gasteiger partial charge is 0.348 e. The molecule has 1 amide bonds. The van der Waals surface area contributed by atoms with Crippen LogP contribution in [0.25, 0.3) is 0 Å². The molecular formula is C12H16Cl2N2O. The van der Waals surface area contributed by atoms with Crippen LogP contribution < -0.4 is 5.32 Å². The van der Waals surface area contributed by atoms with Gasteiger partial charge in [0.1, 0.15) is 10.8 Å². The van der Waals surface area contributed by atoms with Gasteiger partial charge in [-0.15, -0.1) is 0 Å². The Labute approximate surface area is 112 Å². The highest BCUT2D eigenvalue weighted by Gasteiger charge is 2.18. The van der Waals surface area contributed by atoms with Crippen molar-refractivity contribution >= 4 is 29.1 Å². The SMILES string of the molecule is CCC(NC(=O)c1nc(Cl)ccc1Cl)C(C)C. The molecular weight excluding hydrogens is 259 g/mol. The molecule has 0 aliphatic heterocycles. The van der Waals surface area contributed by atoms with Crippen LogP contribution in [0.4, 0.5) is 0 Å². The Morgan fingerprint density at radius 3 is 2.59 bits per heavy atom. The fourth-order valence-electron chi connectivity index (χ4n) is 1.55. The van der Waals surface area contributed by atoms with Crippen LogP contribution in [-0.4, -0.2) is 16.9 Å². The van der Waals surface area contributed by atoms with Crippen molar-refractivity contribution in [1.29, 1.82) is 0 Å². The molecule has 0 spiro atoms. The van der Waals surface area contributed by atoms with E-state index >= 15 is 0 Å². The van der Waals surface area contributed by atoms with E-state index in [1.165, 1.54) is 0 Å². The normalized spacial score (nSPS) is 12.6. The van der Waals surface area contributed by atoms with E-state index in [1.807, 2.05) is 6.92 Å². The summed E-state index contributed by atoms with van der Waals surface area (Å²) >= 11 is 11.7. The molecule has 0 saturated carbocycles. The fourth-order valence-corrected chi connectivity index (χ4v) is 1.89. The molecule has 0 radical (unpaired) electrons. The summed E-state index contributed by atoms with van der Waals surface area (Å²) in [5, 5.41) is 3.48. The molecule has 0 fully saturated rings. The lowest BCUT2D eigenvalue weighted by Gasteiger charge is -2.20. The lowest BCUT2D eigenvalue weighted by Crippen LogP contribution is -2.38. The second-order valence-electron chi connectivity index (χ2n) is 4.20. The van der Waals surface area contributed by atoms with Gasteiger partial charge in [0.05, 0.1) is 5.02 Å². The Bertz CT molecular complexity index is 407. The van der Waals surface area contributed by atoms with Crippen LogP contribution in [0.3, 0.4) is 0 Å². The molecule has 17 heavy (non-hydrogen) atoms. The predicted octanol–water partition coefficient (Wildman–Crippen LogP) is 3.55. The molecule has 1 unspecified atom stereocenters. The highest BCUT2D eigenvalue weighted by molar-refractivity contribution is 6.34. The minimum absolute atomic E-state index is 0.111. The van der Waals surface area contributed by atoms with Gasteiger partial charge in [-0.25, -0.2) is 4.98 Å². The maximum atomic E-state index is 12.0. The molecule has 1 atom stereocenters. The Morgan fingerprint density at radius 1 is 1.41 bits per heavy atom. The second-order valence-corrected chi connectivity index (χ2v) is 4.99. The number of nitrogens with one attached hydrogen (secondary N) is 1. The zero-order valence-electron chi connectivity index (χ0n) is 10.1. The predicted molar refractivity (Wildman–Crippen MR) is 70.6 cm³/mol. The van der Waals surface area contributed by atoms with Crippen molar-refractivity contribution in [3.63, 3.8) is 0 Å². The fraction of sp³-hybridized carbons (Fsp3) is 0.500. The minimum atomic E-state index is -0.280. The maximum Gasteiger partial charge on any atom is 0.271 e. The summed E-state index contributed by atoms with van der Waals surface area (Å²) in [5.41, 5.74) is 0.179. The topological polar surface area (TPSA) is 42.0 Å². The molecule has 0 saturated heterocycles. The van der Waals surface area contributed by atoms with Crippen LogP contribution in [0.15, 0.2) is 12.1 Å². The zero-order chi connectivity index (χ0) is 13.0. The highest BCUT2D eigenvalue weighted by atomic mass is 35.5. The van der Waals surface area contributed by atoms with Crippen LogP contribution >= 0.6 is 23.2 Å². The summed E-state index contributed by atoms with van der Waals surface area (Å²) in [6.07, 6.45) is 0.863. The number of hydrogen-bond acceptors (Lipinski definition) is 2. The summed E-state index contributed by atoms with van der Waals surface area (Å²) in [6.45, 7) is 6.14. The average molecular weight is 275 g/mol. The molecule has 1 heterocycles. The third-order valence-electron chi connectivity index (χ3n) is 2.59. The van der Waals surface area contributed by atoms with E-state index < -0.39 is 0 Å². The number of pyridine rings is 1. The number of rotatable bonds is 4. The first-order chi connectivity index (χ1) is 7.95. The third kappa shape index (κ3) is 3.86. The molecule has 0 bridgehead atoms. The van der Waals surface area contributed by atoms with E-state index in [0.29, 0.717) is 10.9 Å². The van der Waals surface area contributed by atoms with Gasteiger partial charge in [0, 0.05) is 6.04 Å². The van der Waals surface area contributed by atoms with Gasteiger partial charge >= 0.3 is 0 Å². The van der Waals surface area contributed by atoms with E-state index in [9.17, 15) is 4.79 Å². The van der Waals surface area contributed by atoms with Gasteiger partial charge in [0.15, 0.2) is 0 Å². The van der Waals surface area contributed by atoms with Gasteiger partial charge in [-0.05, 0) is 24.5 Å². The van der Waals surface area contributed by atoms with Gasteiger partial charge in [0.25, 0.3) is 5.91 Å². The summed E-state index contributed by atoms with van der Waals surface area (Å²) in [6, 6.07) is 3.24. The number of nitrogens with zero attached hydrogens (tertiary/aromatic N) is 1. The second kappa shape index (κ2) is 6.22. The van der Waals surface area contributed by atoms with Crippen LogP contribution in [0.5, 0.6) is 0 Å². The Kier molecular flexibility index (Phi) is 5.22. The van der Waals surface area contributed by atoms with E-state index in [2.05, 4.69) is 24.1 Å². The van der Waals surface area contributed by atoms with E-state index in [4.69, 9.17) is 23.2 Å². The van der Waals surface area contributed by atoms with Gasteiger partial charge in [-0.1, -0.05) is 44.0 Å². The van der Waals surface area contributed by atoms with Crippen molar-refractivity contribution in [2.45, 2.75) is 33.2 Å². The van der Waals surface area contributed by atoms with Crippen LogP contribution in [0.2, 0.25) is 10.2 Å². The first-order valence-corrected chi connectivity index (χ1v) is 6.34. The minimum Gasteiger partial charge on any atom is -0.348 e. The number of aromatic nitrogens is 1. The first kappa shape index (κ1) is 14.3. The molecule has 5 heteroatoms. The molecule has 0 aliphatic carbocycles. The molecule has 94 valence electrons. The van der Waals surface area contributed by atoms with Gasteiger partial charge < -0.3 is 5.32 Å². The zero-order valence-corrected chi connectivity index (χ0v) is 11.6. The van der Waals surface area contributed by atoms with Crippen LogP contribution in [0, 0.1) is 5.92 Å². The van der Waals surface area contributed by atoms with Crippen molar-refractivity contribution in [3.8, 4) is 0 Å². The molecule has 0 aromatic carbocycles. The number of carbonyl (C=O) groups excluding carboxylic acids is 1. The van der Waals surface area contributed by atoms with Crippen molar-refractivity contribution in [3.05, 3.63) is 28.0 Å². The highest BCUT2D eigenvalue weighted by Crippen LogP contribution is 2.17. The first-order valence-electron chi connectivity index (χ1n) is 5.58. The maximum absolute atomic E-state index is 12.0. The third-order valence-corrected chi connectivity index (χ3v) is 3.10. The van der Waals surface area contributed by atoms with E-state index in [0.717, 1.165) is 6.42 Å². The molecule has 1 aromatic heterocycles. The molecule has 3 nitrogen and oxygen atoms in total. The standard InChI is InChI=1S/C12H16Cl2N2O/c1-4-9(7(2)3)15-12(17)11-8(13)5-6-10(14)16-11/h5-7,9H,4H2,1-3H3,(H,15,17). The molecule has 0 aliphatic rings. The lowest BCUT2D eigenvalue weighted by molar-refractivity contribution is 0.0919. The van der Waals surface area contributed by atoms with E-state index in [1.54, 1.807) is 12.1 Å². The molecule has 1 N–H and O–H groups in total. The van der Waals surface area contributed by atoms with Gasteiger partial charge in [-0.3, -0.25) is 4.79 Å². The summed E-state index contributed by atoms with van der Waals surface area (Å²) < 4.78 is 0. The van der Waals surface area contributed by atoms with Gasteiger partial charge in [0.2, 0.25) is 0 Å². The molecule has 1 rings (SSSR count). The summed E-state index contributed by atoms with van der Waals surface area (Å²) in [4.78, 5) is 15.9. The Morgan fingerprint density at radius 2 is 2.06 bits per heavy atom. The summed E-state index contributed by atoms with van der Waals surface area (Å²) in [7, 11) is 0. The number of amides is 1. The quantitative estimate of drug-likeness (QED) is 0.854. The summed E-state index contributed by atoms with van der Waals surface area (Å²) in [5.74, 6) is 0.0833. The number of hydrogen-bond donors (Lipinski definition) is 1. The Balaban J connectivity index is 2.86. The van der Waals surface area contributed by atoms with Crippen molar-refractivity contribution in [2.75, 3.05) is 0 Å². The van der Waals surface area contributed by atoms with Crippen LogP contribution in [-0.2, 0) is 0 Å². The molecule has 1 aromatic rings. The number of halogens is 2. The van der Waals surface area contributed by atoms with Crippen molar-refractivity contribution in [2.24, 2.45) is 5.92 Å². The van der Waals surface area contributed by atoms with Gasteiger partial charge in [-0.2, -0.15) is 0 Å². The lowest BCUT2D eigenvalue weighted by atomic mass is 10.0. The van der Waals surface area contributed by atoms with Crippen molar-refractivity contribution in [1.82, 2.24) is 10.3 Å². The monoisotopic (exact) mass is 274 g/mol. The van der Waals surface area contributed by atoms with Crippen LogP contribution in [0.1, 0.15) is 37.7 Å². The number of carbonyl (C=O) groups is 1. The van der Waals surface area contributed by atoms with Crippen molar-refractivity contribution < 1.29 is 4.79 Å².